The molecule has 18 heavy (non-hydrogen) atoms. The molecule has 0 aliphatic carbocycles. The van der Waals surface area contributed by atoms with Crippen LogP contribution in [0.15, 0.2) is 30.3 Å². The summed E-state index contributed by atoms with van der Waals surface area (Å²) in [5, 5.41) is 0. The fraction of sp³-hybridized carbons (Fsp3) is 0.500. The van der Waals surface area contributed by atoms with Crippen molar-refractivity contribution in [2.45, 2.75) is 12.8 Å². The molecule has 1 amide bonds. The second kappa shape index (κ2) is 6.40. The molecule has 98 valence electrons. The van der Waals surface area contributed by atoms with Crippen LogP contribution < -0.4 is 10.5 Å². The van der Waals surface area contributed by atoms with E-state index in [1.807, 2.05) is 35.2 Å². The number of nitrogens with zero attached hydrogens (tertiary/aromatic N) is 1. The molecule has 0 unspecified atom stereocenters. The average molecular weight is 248 g/mol. The zero-order chi connectivity index (χ0) is 12.8. The van der Waals surface area contributed by atoms with E-state index >= 15 is 0 Å². The first-order chi connectivity index (χ1) is 8.79. The lowest BCUT2D eigenvalue weighted by atomic mass is 9.98. The Hall–Kier alpha value is -1.55. The number of benzene rings is 1. The normalized spacial score (nSPS) is 16.6. The molecular weight excluding hydrogens is 228 g/mol. The number of hydrogen-bond acceptors (Lipinski definition) is 3. The number of carbonyl (C=O) groups excluding carboxylic acids is 1. The third kappa shape index (κ3) is 3.47. The van der Waals surface area contributed by atoms with Crippen LogP contribution in [0.25, 0.3) is 0 Å². The van der Waals surface area contributed by atoms with Crippen molar-refractivity contribution in [1.29, 1.82) is 0 Å². The zero-order valence-electron chi connectivity index (χ0n) is 10.5. The van der Waals surface area contributed by atoms with Crippen molar-refractivity contribution in [3.8, 4) is 5.75 Å². The number of rotatable bonds is 4. The van der Waals surface area contributed by atoms with Gasteiger partial charge in [-0.05, 0) is 30.9 Å². The molecule has 1 aromatic rings. The SMILES string of the molecule is NCC(=O)N1CCC(COc2ccccc2)CC1. The van der Waals surface area contributed by atoms with Gasteiger partial charge in [-0.25, -0.2) is 0 Å². The standard InChI is InChI=1S/C14H20N2O2/c15-10-14(17)16-8-6-12(7-9-16)11-18-13-4-2-1-3-5-13/h1-5,12H,6-11,15H2. The van der Waals surface area contributed by atoms with Crippen molar-refractivity contribution >= 4 is 5.91 Å². The highest BCUT2D eigenvalue weighted by atomic mass is 16.5. The fourth-order valence-electron chi connectivity index (χ4n) is 2.21. The molecule has 1 fully saturated rings. The summed E-state index contributed by atoms with van der Waals surface area (Å²) in [7, 11) is 0. The fourth-order valence-corrected chi connectivity index (χ4v) is 2.21. The maximum Gasteiger partial charge on any atom is 0.236 e. The summed E-state index contributed by atoms with van der Waals surface area (Å²) < 4.78 is 5.74. The minimum Gasteiger partial charge on any atom is -0.493 e. The highest BCUT2D eigenvalue weighted by molar-refractivity contribution is 5.78. The van der Waals surface area contributed by atoms with Gasteiger partial charge in [0.15, 0.2) is 0 Å². The van der Waals surface area contributed by atoms with Gasteiger partial charge >= 0.3 is 0 Å². The highest BCUT2D eigenvalue weighted by Crippen LogP contribution is 2.19. The van der Waals surface area contributed by atoms with Crippen LogP contribution in [0.4, 0.5) is 0 Å². The van der Waals surface area contributed by atoms with Gasteiger partial charge < -0.3 is 15.4 Å². The van der Waals surface area contributed by atoms with Crippen molar-refractivity contribution in [1.82, 2.24) is 4.90 Å². The zero-order valence-corrected chi connectivity index (χ0v) is 10.5. The number of amides is 1. The number of para-hydroxylation sites is 1. The molecule has 4 nitrogen and oxygen atoms in total. The van der Waals surface area contributed by atoms with Gasteiger partial charge in [-0.2, -0.15) is 0 Å². The van der Waals surface area contributed by atoms with Crippen LogP contribution in [0.1, 0.15) is 12.8 Å². The molecule has 0 spiro atoms. The largest absolute Gasteiger partial charge is 0.493 e. The van der Waals surface area contributed by atoms with Gasteiger partial charge in [0.2, 0.25) is 5.91 Å². The molecule has 1 saturated heterocycles. The quantitative estimate of drug-likeness (QED) is 0.873. The lowest BCUT2D eigenvalue weighted by molar-refractivity contribution is -0.131. The Morgan fingerprint density at radius 3 is 2.56 bits per heavy atom. The van der Waals surface area contributed by atoms with Crippen molar-refractivity contribution < 1.29 is 9.53 Å². The first kappa shape index (κ1) is 12.9. The smallest absolute Gasteiger partial charge is 0.236 e. The van der Waals surface area contributed by atoms with Gasteiger partial charge in [0, 0.05) is 13.1 Å². The Bertz CT molecular complexity index is 373. The number of likely N-dealkylation sites (tertiary alicyclic amines) is 1. The minimum absolute atomic E-state index is 0.0532. The molecule has 0 radical (unpaired) electrons. The van der Waals surface area contributed by atoms with E-state index in [1.165, 1.54) is 0 Å². The van der Waals surface area contributed by atoms with E-state index in [2.05, 4.69) is 0 Å². The Morgan fingerprint density at radius 2 is 1.94 bits per heavy atom. The summed E-state index contributed by atoms with van der Waals surface area (Å²) in [5.41, 5.74) is 5.36. The van der Waals surface area contributed by atoms with E-state index in [4.69, 9.17) is 10.5 Å². The number of hydrogen-bond donors (Lipinski definition) is 1. The van der Waals surface area contributed by atoms with E-state index in [-0.39, 0.29) is 12.5 Å². The van der Waals surface area contributed by atoms with E-state index in [0.717, 1.165) is 38.3 Å². The number of nitrogens with two attached hydrogens (primary N) is 1. The Morgan fingerprint density at radius 1 is 1.28 bits per heavy atom. The lowest BCUT2D eigenvalue weighted by Crippen LogP contribution is -2.42. The van der Waals surface area contributed by atoms with Crippen LogP contribution in [-0.4, -0.2) is 37.0 Å². The molecule has 1 aliphatic rings. The summed E-state index contributed by atoms with van der Waals surface area (Å²) in [6.07, 6.45) is 2.00. The summed E-state index contributed by atoms with van der Waals surface area (Å²) in [6.45, 7) is 2.46. The predicted octanol–water partition coefficient (Wildman–Crippen LogP) is 1.26. The predicted molar refractivity (Wildman–Crippen MR) is 70.3 cm³/mol. The van der Waals surface area contributed by atoms with Crippen molar-refractivity contribution in [2.75, 3.05) is 26.2 Å². The van der Waals surface area contributed by atoms with Crippen LogP contribution in [-0.2, 0) is 4.79 Å². The molecule has 2 rings (SSSR count). The van der Waals surface area contributed by atoms with E-state index in [1.54, 1.807) is 0 Å². The van der Waals surface area contributed by atoms with Gasteiger partial charge in [0.05, 0.1) is 13.2 Å². The van der Waals surface area contributed by atoms with Gasteiger partial charge in [-0.15, -0.1) is 0 Å². The van der Waals surface area contributed by atoms with Crippen LogP contribution in [0.3, 0.4) is 0 Å². The second-order valence-corrected chi connectivity index (χ2v) is 4.65. The van der Waals surface area contributed by atoms with Crippen LogP contribution in [0, 0.1) is 5.92 Å². The molecule has 1 aromatic carbocycles. The highest BCUT2D eigenvalue weighted by Gasteiger charge is 2.22. The summed E-state index contributed by atoms with van der Waals surface area (Å²) in [6, 6.07) is 9.85. The van der Waals surface area contributed by atoms with Gasteiger partial charge in [0.25, 0.3) is 0 Å². The molecule has 1 heterocycles. The summed E-state index contributed by atoms with van der Waals surface area (Å²) in [4.78, 5) is 13.3. The van der Waals surface area contributed by atoms with Gasteiger partial charge in [0.1, 0.15) is 5.75 Å². The molecule has 0 aromatic heterocycles. The topological polar surface area (TPSA) is 55.6 Å². The van der Waals surface area contributed by atoms with Crippen molar-refractivity contribution in [2.24, 2.45) is 11.7 Å². The summed E-state index contributed by atoms with van der Waals surface area (Å²) >= 11 is 0. The average Bonchev–Trinajstić information content (AvgIpc) is 2.46. The lowest BCUT2D eigenvalue weighted by Gasteiger charge is -2.31. The van der Waals surface area contributed by atoms with E-state index in [9.17, 15) is 4.79 Å². The molecule has 0 bridgehead atoms. The third-order valence-corrected chi connectivity index (χ3v) is 3.37. The van der Waals surface area contributed by atoms with Gasteiger partial charge in [-0.3, -0.25) is 4.79 Å². The van der Waals surface area contributed by atoms with Crippen LogP contribution in [0.5, 0.6) is 5.75 Å². The van der Waals surface area contributed by atoms with Gasteiger partial charge in [-0.1, -0.05) is 18.2 Å². The summed E-state index contributed by atoms with van der Waals surface area (Å²) in [5.74, 6) is 1.50. The van der Waals surface area contributed by atoms with Crippen LogP contribution in [0.2, 0.25) is 0 Å². The number of piperidine rings is 1. The minimum atomic E-state index is 0.0532. The van der Waals surface area contributed by atoms with Crippen molar-refractivity contribution in [3.05, 3.63) is 30.3 Å². The van der Waals surface area contributed by atoms with E-state index in [0.29, 0.717) is 5.92 Å². The maximum atomic E-state index is 11.4. The third-order valence-electron chi connectivity index (χ3n) is 3.37. The van der Waals surface area contributed by atoms with Crippen LogP contribution >= 0.6 is 0 Å². The molecule has 0 saturated carbocycles. The number of ether oxygens (including phenoxy) is 1. The Labute approximate surface area is 108 Å². The molecule has 1 aliphatic heterocycles. The first-order valence-corrected chi connectivity index (χ1v) is 6.45. The monoisotopic (exact) mass is 248 g/mol. The first-order valence-electron chi connectivity index (χ1n) is 6.45. The molecular formula is C14H20N2O2. The Balaban J connectivity index is 1.72. The van der Waals surface area contributed by atoms with Crippen molar-refractivity contribution in [3.63, 3.8) is 0 Å². The Kier molecular flexibility index (Phi) is 4.59. The second-order valence-electron chi connectivity index (χ2n) is 4.65. The maximum absolute atomic E-state index is 11.4. The molecule has 0 atom stereocenters. The molecule has 2 N–H and O–H groups in total. The number of carbonyl (C=O) groups is 1. The van der Waals surface area contributed by atoms with E-state index < -0.39 is 0 Å². The molecule has 4 heteroatoms.